The minimum absolute atomic E-state index is 0.974. The zero-order valence-electron chi connectivity index (χ0n) is 12.5. The summed E-state index contributed by atoms with van der Waals surface area (Å²) in [6, 6.07) is 4.14. The first-order valence-corrected chi connectivity index (χ1v) is 8.28. The third kappa shape index (κ3) is 2.69. The van der Waals surface area contributed by atoms with Gasteiger partial charge in [-0.2, -0.15) is 0 Å². The molecule has 0 unspecified atom stereocenters. The molecule has 0 radical (unpaired) electrons. The van der Waals surface area contributed by atoms with Crippen molar-refractivity contribution in [2.24, 2.45) is 0 Å². The Labute approximate surface area is 133 Å². The maximum atomic E-state index is 4.64. The van der Waals surface area contributed by atoms with Gasteiger partial charge in [-0.15, -0.1) is 5.10 Å². The molecule has 3 aromatic rings. The Morgan fingerprint density at radius 2 is 2.09 bits per heavy atom. The van der Waals surface area contributed by atoms with Gasteiger partial charge in [0.25, 0.3) is 0 Å². The van der Waals surface area contributed by atoms with Crippen LogP contribution in [0.3, 0.4) is 0 Å². The molecule has 0 N–H and O–H groups in total. The van der Waals surface area contributed by atoms with Crippen molar-refractivity contribution >= 4 is 21.4 Å². The average molecular weight is 314 g/mol. The lowest BCUT2D eigenvalue weighted by molar-refractivity contribution is 0.249. The van der Waals surface area contributed by atoms with Crippen molar-refractivity contribution in [3.63, 3.8) is 0 Å². The van der Waals surface area contributed by atoms with Crippen LogP contribution < -0.4 is 4.90 Å². The number of hydrogen-bond acceptors (Lipinski definition) is 6. The van der Waals surface area contributed by atoms with Gasteiger partial charge in [-0.05, 0) is 18.6 Å². The highest BCUT2D eigenvalue weighted by atomic mass is 32.1. The molecule has 1 fully saturated rings. The SMILES string of the molecule is Cc1cn2nc(N3CCN(Cc4cccnc4)CC3)sc2n1. The number of nitrogens with zero attached hydrogens (tertiary/aromatic N) is 6. The number of aryl methyl sites for hydroxylation is 1. The Balaban J connectivity index is 1.39. The van der Waals surface area contributed by atoms with Gasteiger partial charge < -0.3 is 4.90 Å². The maximum absolute atomic E-state index is 4.64. The minimum atomic E-state index is 0.974. The molecule has 6 nitrogen and oxygen atoms in total. The molecule has 4 heterocycles. The highest BCUT2D eigenvalue weighted by molar-refractivity contribution is 7.20. The van der Waals surface area contributed by atoms with Gasteiger partial charge in [0.05, 0.1) is 11.9 Å². The van der Waals surface area contributed by atoms with Gasteiger partial charge in [-0.1, -0.05) is 17.4 Å². The molecule has 0 aliphatic carbocycles. The summed E-state index contributed by atoms with van der Waals surface area (Å²) in [6.45, 7) is 7.10. The van der Waals surface area contributed by atoms with Crippen LogP contribution >= 0.6 is 11.3 Å². The van der Waals surface area contributed by atoms with E-state index < -0.39 is 0 Å². The van der Waals surface area contributed by atoms with Crippen molar-refractivity contribution < 1.29 is 0 Å². The molecule has 0 spiro atoms. The third-order valence-electron chi connectivity index (χ3n) is 3.92. The van der Waals surface area contributed by atoms with E-state index in [4.69, 9.17) is 0 Å². The molecule has 22 heavy (non-hydrogen) atoms. The van der Waals surface area contributed by atoms with Crippen LogP contribution in [0.15, 0.2) is 30.7 Å². The number of imidazole rings is 1. The van der Waals surface area contributed by atoms with Crippen LogP contribution in [0.2, 0.25) is 0 Å². The van der Waals surface area contributed by atoms with E-state index in [1.165, 1.54) is 5.56 Å². The highest BCUT2D eigenvalue weighted by Crippen LogP contribution is 2.24. The molecule has 114 valence electrons. The van der Waals surface area contributed by atoms with Crippen LogP contribution in [0.4, 0.5) is 5.13 Å². The zero-order valence-corrected chi connectivity index (χ0v) is 13.3. The molecule has 0 saturated carbocycles. The summed E-state index contributed by atoms with van der Waals surface area (Å²) in [5.41, 5.74) is 2.30. The van der Waals surface area contributed by atoms with E-state index in [-0.39, 0.29) is 0 Å². The summed E-state index contributed by atoms with van der Waals surface area (Å²) >= 11 is 1.67. The van der Waals surface area contributed by atoms with Gasteiger partial charge in [0.1, 0.15) is 0 Å². The average Bonchev–Trinajstić information content (AvgIpc) is 3.06. The molecule has 0 aromatic carbocycles. The molecule has 7 heteroatoms. The van der Waals surface area contributed by atoms with E-state index in [2.05, 4.69) is 30.9 Å². The lowest BCUT2D eigenvalue weighted by Crippen LogP contribution is -2.46. The second kappa shape index (κ2) is 5.66. The number of pyridine rings is 1. The van der Waals surface area contributed by atoms with E-state index in [1.54, 1.807) is 11.3 Å². The van der Waals surface area contributed by atoms with Gasteiger partial charge in [0.15, 0.2) is 0 Å². The Kier molecular flexibility index (Phi) is 3.51. The van der Waals surface area contributed by atoms with Gasteiger partial charge in [-0.25, -0.2) is 9.50 Å². The smallest absolute Gasteiger partial charge is 0.214 e. The summed E-state index contributed by atoms with van der Waals surface area (Å²) < 4.78 is 1.89. The number of anilines is 1. The molecule has 0 bridgehead atoms. The number of rotatable bonds is 3. The summed E-state index contributed by atoms with van der Waals surface area (Å²) in [5, 5.41) is 5.71. The van der Waals surface area contributed by atoms with Gasteiger partial charge >= 0.3 is 0 Å². The van der Waals surface area contributed by atoms with E-state index >= 15 is 0 Å². The van der Waals surface area contributed by atoms with E-state index in [0.717, 1.165) is 48.5 Å². The molecule has 4 rings (SSSR count). The van der Waals surface area contributed by atoms with E-state index in [9.17, 15) is 0 Å². The second-order valence-corrected chi connectivity index (χ2v) is 6.55. The summed E-state index contributed by atoms with van der Waals surface area (Å²) in [5.74, 6) is 0. The normalized spacial score (nSPS) is 16.5. The van der Waals surface area contributed by atoms with Crippen molar-refractivity contribution in [1.82, 2.24) is 24.5 Å². The zero-order chi connectivity index (χ0) is 14.9. The molecule has 0 amide bonds. The summed E-state index contributed by atoms with van der Waals surface area (Å²) in [4.78, 5) is 14.5. The van der Waals surface area contributed by atoms with E-state index in [1.807, 2.05) is 36.1 Å². The van der Waals surface area contributed by atoms with Crippen molar-refractivity contribution in [2.45, 2.75) is 13.5 Å². The van der Waals surface area contributed by atoms with E-state index in [0.29, 0.717) is 0 Å². The fourth-order valence-corrected chi connectivity index (χ4v) is 3.75. The fraction of sp³-hybridized carbons (Fsp3) is 0.400. The Morgan fingerprint density at radius 3 is 2.82 bits per heavy atom. The lowest BCUT2D eigenvalue weighted by atomic mass is 10.2. The summed E-state index contributed by atoms with van der Waals surface area (Å²) in [6.07, 6.45) is 5.75. The van der Waals surface area contributed by atoms with Crippen LogP contribution in [-0.2, 0) is 6.54 Å². The standard InChI is InChI=1S/C15H18N6S/c1-12-10-21-14(17-12)22-15(18-21)20-7-5-19(6-8-20)11-13-3-2-4-16-9-13/h2-4,9-10H,5-8,11H2,1H3. The van der Waals surface area contributed by atoms with Gasteiger partial charge in [0, 0.05) is 45.1 Å². The fourth-order valence-electron chi connectivity index (χ4n) is 2.77. The first kappa shape index (κ1) is 13.7. The summed E-state index contributed by atoms with van der Waals surface area (Å²) in [7, 11) is 0. The molecule has 0 atom stereocenters. The largest absolute Gasteiger partial charge is 0.344 e. The van der Waals surface area contributed by atoms with Crippen LogP contribution in [0.5, 0.6) is 0 Å². The number of fused-ring (bicyclic) bond motifs is 1. The quantitative estimate of drug-likeness (QED) is 0.738. The number of piperazine rings is 1. The van der Waals surface area contributed by atoms with Gasteiger partial charge in [-0.3, -0.25) is 9.88 Å². The predicted molar refractivity (Wildman–Crippen MR) is 87.3 cm³/mol. The predicted octanol–water partition coefficient (Wildman–Crippen LogP) is 1.82. The monoisotopic (exact) mass is 314 g/mol. The lowest BCUT2D eigenvalue weighted by Gasteiger charge is -2.34. The second-order valence-electron chi connectivity index (χ2n) is 5.62. The Morgan fingerprint density at radius 1 is 1.23 bits per heavy atom. The van der Waals surface area contributed by atoms with Crippen molar-refractivity contribution in [3.8, 4) is 0 Å². The number of hydrogen-bond donors (Lipinski definition) is 0. The van der Waals surface area contributed by atoms with Crippen LogP contribution in [-0.4, -0.2) is 50.7 Å². The third-order valence-corrected chi connectivity index (χ3v) is 4.91. The van der Waals surface area contributed by atoms with Gasteiger partial charge in [0.2, 0.25) is 10.1 Å². The van der Waals surface area contributed by atoms with Crippen LogP contribution in [0.25, 0.3) is 4.96 Å². The van der Waals surface area contributed by atoms with Crippen molar-refractivity contribution in [1.29, 1.82) is 0 Å². The first-order chi connectivity index (χ1) is 10.8. The Bertz CT molecular complexity index is 725. The molecule has 1 aliphatic heterocycles. The highest BCUT2D eigenvalue weighted by Gasteiger charge is 2.20. The molecule has 1 aliphatic rings. The maximum Gasteiger partial charge on any atom is 0.214 e. The number of aromatic nitrogens is 4. The topological polar surface area (TPSA) is 49.6 Å². The van der Waals surface area contributed by atoms with Crippen molar-refractivity contribution in [2.75, 3.05) is 31.1 Å². The van der Waals surface area contributed by atoms with Crippen LogP contribution in [0, 0.1) is 6.92 Å². The first-order valence-electron chi connectivity index (χ1n) is 7.47. The molecule has 3 aromatic heterocycles. The van der Waals surface area contributed by atoms with Crippen LogP contribution in [0.1, 0.15) is 11.3 Å². The molecular formula is C15H18N6S. The van der Waals surface area contributed by atoms with Crippen molar-refractivity contribution in [3.05, 3.63) is 42.0 Å². The molecular weight excluding hydrogens is 296 g/mol. The molecule has 1 saturated heterocycles. The minimum Gasteiger partial charge on any atom is -0.344 e. The Hall–Kier alpha value is -1.99.